The Kier molecular flexibility index (Phi) is 6.34. The van der Waals surface area contributed by atoms with Crippen LogP contribution in [0.2, 0.25) is 0 Å². The molecule has 3 heterocycles. The van der Waals surface area contributed by atoms with Gasteiger partial charge in [-0.2, -0.15) is 0 Å². The summed E-state index contributed by atoms with van der Waals surface area (Å²) >= 11 is 0. The summed E-state index contributed by atoms with van der Waals surface area (Å²) < 4.78 is 5.19. The van der Waals surface area contributed by atoms with Gasteiger partial charge in [0.1, 0.15) is 6.54 Å². The Morgan fingerprint density at radius 1 is 1.16 bits per heavy atom. The third-order valence-electron chi connectivity index (χ3n) is 6.24. The van der Waals surface area contributed by atoms with Gasteiger partial charge in [-0.15, -0.1) is 0 Å². The Labute approximate surface area is 188 Å². The molecule has 3 aliphatic rings. The summed E-state index contributed by atoms with van der Waals surface area (Å²) in [6.07, 6.45) is 2.92. The van der Waals surface area contributed by atoms with Gasteiger partial charge in [-0.25, -0.2) is 9.79 Å². The highest BCUT2D eigenvalue weighted by Crippen LogP contribution is 2.32. The second kappa shape index (κ2) is 9.18. The zero-order chi connectivity index (χ0) is 22.8. The summed E-state index contributed by atoms with van der Waals surface area (Å²) in [4.78, 5) is 50.0. The first-order chi connectivity index (χ1) is 15.4. The molecule has 172 valence electrons. The number of hydrogen-bond acceptors (Lipinski definition) is 7. The van der Waals surface area contributed by atoms with Crippen molar-refractivity contribution in [1.29, 1.82) is 0 Å². The number of fused-ring (bicyclic) bond motifs is 3. The molecular formula is C23H31N5O4. The minimum absolute atomic E-state index is 0.290. The number of nitrogens with zero attached hydrogens (tertiary/aromatic N) is 5. The van der Waals surface area contributed by atoms with Crippen LogP contribution in [0.15, 0.2) is 29.3 Å². The molecule has 9 heteroatoms. The van der Waals surface area contributed by atoms with Gasteiger partial charge >= 0.3 is 12.0 Å². The molecule has 1 aromatic rings. The van der Waals surface area contributed by atoms with E-state index in [-0.39, 0.29) is 6.54 Å². The monoisotopic (exact) mass is 441 g/mol. The molecule has 2 atom stereocenters. The van der Waals surface area contributed by atoms with E-state index < -0.39 is 30.1 Å². The summed E-state index contributed by atoms with van der Waals surface area (Å²) in [6.45, 7) is 5.42. The van der Waals surface area contributed by atoms with E-state index >= 15 is 0 Å². The first kappa shape index (κ1) is 22.1. The number of esters is 1. The number of unbranched alkanes of at least 4 members (excludes halogenated alkanes) is 1. The quantitative estimate of drug-likeness (QED) is 0.497. The Morgan fingerprint density at radius 2 is 1.88 bits per heavy atom. The average molecular weight is 442 g/mol. The predicted molar refractivity (Wildman–Crippen MR) is 120 cm³/mol. The number of hydrogen-bond donors (Lipinski definition) is 0. The van der Waals surface area contributed by atoms with Crippen LogP contribution in [0.3, 0.4) is 0 Å². The first-order valence-corrected chi connectivity index (χ1v) is 11.3. The van der Waals surface area contributed by atoms with Crippen LogP contribution in [0.5, 0.6) is 0 Å². The smallest absolute Gasteiger partial charge is 0.328 e. The molecule has 3 amide bonds. The van der Waals surface area contributed by atoms with Crippen molar-refractivity contribution in [2.45, 2.75) is 51.7 Å². The first-order valence-electron chi connectivity index (χ1n) is 11.3. The molecule has 0 spiro atoms. The van der Waals surface area contributed by atoms with Crippen molar-refractivity contribution in [3.05, 3.63) is 29.8 Å². The van der Waals surface area contributed by atoms with Crippen molar-refractivity contribution in [3.63, 3.8) is 0 Å². The van der Waals surface area contributed by atoms with Crippen LogP contribution in [0, 0.1) is 6.92 Å². The fourth-order valence-electron chi connectivity index (χ4n) is 4.40. The number of amides is 3. The minimum Gasteiger partial charge on any atom is -0.464 e. The third kappa shape index (κ3) is 4.03. The van der Waals surface area contributed by atoms with E-state index in [1.165, 1.54) is 10.5 Å². The van der Waals surface area contributed by atoms with E-state index in [9.17, 15) is 14.4 Å². The van der Waals surface area contributed by atoms with E-state index in [4.69, 9.17) is 9.73 Å². The number of anilines is 1. The van der Waals surface area contributed by atoms with E-state index in [1.807, 2.05) is 18.7 Å². The molecule has 2 unspecified atom stereocenters. The van der Waals surface area contributed by atoms with Crippen LogP contribution in [0.25, 0.3) is 0 Å². The normalized spacial score (nSPS) is 23.0. The summed E-state index contributed by atoms with van der Waals surface area (Å²) in [5.41, 5.74) is 2.18. The number of aryl methyl sites for hydroxylation is 1. The molecule has 0 aromatic heterocycles. The maximum absolute atomic E-state index is 13.4. The van der Waals surface area contributed by atoms with E-state index in [2.05, 4.69) is 29.2 Å². The maximum Gasteiger partial charge on any atom is 0.328 e. The van der Waals surface area contributed by atoms with Gasteiger partial charge in [-0.3, -0.25) is 14.5 Å². The molecule has 0 radical (unpaired) electrons. The van der Waals surface area contributed by atoms with Crippen molar-refractivity contribution >= 4 is 29.6 Å². The van der Waals surface area contributed by atoms with Gasteiger partial charge in [0.15, 0.2) is 12.2 Å². The second-order valence-electron chi connectivity index (χ2n) is 8.57. The molecule has 2 saturated heterocycles. The summed E-state index contributed by atoms with van der Waals surface area (Å²) in [7, 11) is 1.63. The lowest BCUT2D eigenvalue weighted by molar-refractivity contribution is -0.151. The highest BCUT2D eigenvalue weighted by Gasteiger charge is 2.53. The van der Waals surface area contributed by atoms with Crippen LogP contribution in [0.4, 0.5) is 10.5 Å². The Morgan fingerprint density at radius 3 is 2.59 bits per heavy atom. The largest absolute Gasteiger partial charge is 0.464 e. The van der Waals surface area contributed by atoms with Crippen LogP contribution in [-0.4, -0.2) is 84.1 Å². The van der Waals surface area contributed by atoms with Gasteiger partial charge in [-0.05, 0) is 38.3 Å². The average Bonchev–Trinajstić information content (AvgIpc) is 3.04. The molecule has 1 aromatic carbocycles. The molecule has 2 fully saturated rings. The molecule has 4 rings (SSSR count). The molecule has 9 nitrogen and oxygen atoms in total. The fraction of sp³-hybridized carbons (Fsp3) is 0.565. The molecule has 0 aliphatic carbocycles. The molecule has 32 heavy (non-hydrogen) atoms. The van der Waals surface area contributed by atoms with Crippen molar-refractivity contribution in [3.8, 4) is 0 Å². The predicted octanol–water partition coefficient (Wildman–Crippen LogP) is 2.20. The van der Waals surface area contributed by atoms with Gasteiger partial charge < -0.3 is 19.4 Å². The second-order valence-corrected chi connectivity index (χ2v) is 8.57. The van der Waals surface area contributed by atoms with Crippen LogP contribution in [-0.2, 0) is 14.3 Å². The number of carbonyl (C=O) groups is 3. The number of guanidine groups is 1. The number of urea groups is 1. The third-order valence-corrected chi connectivity index (χ3v) is 6.24. The lowest BCUT2D eigenvalue weighted by atomic mass is 10.1. The van der Waals surface area contributed by atoms with E-state index in [1.54, 1.807) is 7.05 Å². The van der Waals surface area contributed by atoms with E-state index in [0.29, 0.717) is 19.1 Å². The molecule has 0 N–H and O–H groups in total. The standard InChI is InChI=1S/C23H31N5O4/c1-4-5-14-32-18(29)15-28-21(30)19-20(25(3)23(28)31)24-22-26(12-6-7-13-27(19)22)17-10-8-16(2)9-11-17/h8-11,19-20H,4-7,12-15H2,1-3H3. The highest BCUT2D eigenvalue weighted by atomic mass is 16.5. The Balaban J connectivity index is 1.58. The van der Waals surface area contributed by atoms with Crippen LogP contribution in [0.1, 0.15) is 38.2 Å². The van der Waals surface area contributed by atoms with E-state index in [0.717, 1.165) is 42.8 Å². The number of benzene rings is 1. The molecule has 3 aliphatic heterocycles. The Hall–Kier alpha value is -3.10. The van der Waals surface area contributed by atoms with Crippen molar-refractivity contribution in [2.24, 2.45) is 4.99 Å². The van der Waals surface area contributed by atoms with Gasteiger partial charge in [-0.1, -0.05) is 31.0 Å². The highest BCUT2D eigenvalue weighted by molar-refractivity contribution is 6.08. The van der Waals surface area contributed by atoms with Crippen molar-refractivity contribution in [1.82, 2.24) is 14.7 Å². The van der Waals surface area contributed by atoms with Crippen LogP contribution < -0.4 is 4.90 Å². The zero-order valence-corrected chi connectivity index (χ0v) is 19.0. The number of carbonyl (C=O) groups excluding carboxylic acids is 3. The summed E-state index contributed by atoms with van der Waals surface area (Å²) in [6, 6.07) is 7.06. The topological polar surface area (TPSA) is 85.8 Å². The number of likely N-dealkylation sites (N-methyl/N-ethyl adjacent to an activating group) is 1. The lowest BCUT2D eigenvalue weighted by Gasteiger charge is -2.41. The van der Waals surface area contributed by atoms with Crippen molar-refractivity contribution in [2.75, 3.05) is 38.2 Å². The number of imide groups is 1. The molecule has 0 saturated carbocycles. The van der Waals surface area contributed by atoms with Gasteiger partial charge in [0.2, 0.25) is 5.96 Å². The number of aliphatic imine (C=N–C) groups is 1. The Bertz CT molecular complexity index is 915. The maximum atomic E-state index is 13.4. The minimum atomic E-state index is -0.637. The number of ether oxygens (including phenoxy) is 1. The van der Waals surface area contributed by atoms with Crippen LogP contribution >= 0.6 is 0 Å². The SMILES string of the molecule is CCCCOC(=O)CN1C(=O)C2C(N=C3N(c4ccc(C)cc4)CCCCN32)N(C)C1=O. The zero-order valence-electron chi connectivity index (χ0n) is 19.0. The lowest BCUT2D eigenvalue weighted by Crippen LogP contribution is -2.66. The summed E-state index contributed by atoms with van der Waals surface area (Å²) in [5.74, 6) is -0.250. The molecular weight excluding hydrogens is 410 g/mol. The van der Waals surface area contributed by atoms with Gasteiger partial charge in [0.25, 0.3) is 5.91 Å². The fourth-order valence-corrected chi connectivity index (χ4v) is 4.40. The van der Waals surface area contributed by atoms with Gasteiger partial charge in [0, 0.05) is 25.8 Å². The van der Waals surface area contributed by atoms with Gasteiger partial charge in [0.05, 0.1) is 6.61 Å². The van der Waals surface area contributed by atoms with Crippen molar-refractivity contribution < 1.29 is 19.1 Å². The summed E-state index contributed by atoms with van der Waals surface area (Å²) in [5, 5.41) is 0. The molecule has 0 bridgehead atoms. The number of rotatable bonds is 6.